The number of amides is 1. The van der Waals surface area contributed by atoms with Crippen molar-refractivity contribution < 1.29 is 24.2 Å². The summed E-state index contributed by atoms with van der Waals surface area (Å²) in [5, 5.41) is 11.9. The lowest BCUT2D eigenvalue weighted by atomic mass is 10.0. The van der Waals surface area contributed by atoms with Crippen molar-refractivity contribution in [1.82, 2.24) is 5.32 Å². The maximum atomic E-state index is 12.2. The molecule has 6 heteroatoms. The van der Waals surface area contributed by atoms with Gasteiger partial charge in [0.15, 0.2) is 6.04 Å². The summed E-state index contributed by atoms with van der Waals surface area (Å²) in [6.45, 7) is 4.66. The highest BCUT2D eigenvalue weighted by atomic mass is 16.6. The molecule has 1 atom stereocenters. The Morgan fingerprint density at radius 1 is 0.523 bits per heavy atom. The first-order chi connectivity index (χ1) is 21.7. The predicted octanol–water partition coefficient (Wildman–Crippen LogP) is 11.1. The van der Waals surface area contributed by atoms with E-state index in [0.717, 1.165) is 38.5 Å². The zero-order valence-electron chi connectivity index (χ0n) is 29.2. The Morgan fingerprint density at radius 3 is 1.25 bits per heavy atom. The first-order valence-electron chi connectivity index (χ1n) is 19.0. The van der Waals surface area contributed by atoms with Crippen molar-refractivity contribution >= 4 is 12.1 Å². The Hall–Kier alpha value is -1.56. The molecule has 0 aliphatic carbocycles. The molecular formula is C38H73NO5. The van der Waals surface area contributed by atoms with Crippen LogP contribution >= 0.6 is 0 Å². The molecule has 0 rings (SSSR count). The van der Waals surface area contributed by atoms with Gasteiger partial charge in [-0.1, -0.05) is 167 Å². The Kier molecular flexibility index (Phi) is 34.6. The van der Waals surface area contributed by atoms with E-state index in [1.807, 2.05) is 0 Å². The predicted molar refractivity (Wildman–Crippen MR) is 186 cm³/mol. The fraction of sp³-hybridized carbons (Fsp3) is 0.895. The van der Waals surface area contributed by atoms with E-state index in [9.17, 15) is 14.7 Å². The monoisotopic (exact) mass is 624 g/mol. The number of unbranched alkanes of at least 4 members (excludes halogenated alkanes) is 25. The Balaban J connectivity index is 3.54. The van der Waals surface area contributed by atoms with Crippen molar-refractivity contribution in [2.24, 2.45) is 0 Å². The zero-order chi connectivity index (χ0) is 32.2. The van der Waals surface area contributed by atoms with Crippen molar-refractivity contribution in [3.63, 3.8) is 0 Å². The van der Waals surface area contributed by atoms with E-state index in [-0.39, 0.29) is 0 Å². The second-order valence-electron chi connectivity index (χ2n) is 12.7. The van der Waals surface area contributed by atoms with Crippen molar-refractivity contribution in [1.29, 1.82) is 0 Å². The van der Waals surface area contributed by atoms with Gasteiger partial charge >= 0.3 is 12.1 Å². The lowest BCUT2D eigenvalue weighted by molar-refractivity contribution is -0.147. The van der Waals surface area contributed by atoms with Crippen LogP contribution < -0.4 is 5.32 Å². The second kappa shape index (κ2) is 35.9. The van der Waals surface area contributed by atoms with Gasteiger partial charge in [-0.05, 0) is 38.5 Å². The van der Waals surface area contributed by atoms with Crippen molar-refractivity contribution in [2.45, 2.75) is 200 Å². The number of carbonyl (C=O) groups excluding carboxylic acids is 2. The van der Waals surface area contributed by atoms with Crippen LogP contribution in [-0.2, 0) is 14.3 Å². The number of esters is 1. The minimum absolute atomic E-state index is 0.319. The number of hydrogen-bond acceptors (Lipinski definition) is 5. The van der Waals surface area contributed by atoms with Gasteiger partial charge in [0.1, 0.15) is 0 Å². The molecule has 0 heterocycles. The standard InChI is InChI=1S/C38H73NO5/c1-3-5-7-9-11-13-15-17-19-20-22-24-26-28-30-32-34-44-38(42)39-36(35-40)37(41)43-33-31-29-27-25-23-21-18-16-14-12-10-8-6-4-2/h17,19,36,40H,3-16,18,20-35H2,1-2H3,(H,39,42). The summed E-state index contributed by atoms with van der Waals surface area (Å²) in [6.07, 6.45) is 39.0. The van der Waals surface area contributed by atoms with E-state index >= 15 is 0 Å². The van der Waals surface area contributed by atoms with E-state index in [0.29, 0.717) is 13.2 Å². The van der Waals surface area contributed by atoms with Crippen LogP contribution in [0.1, 0.15) is 194 Å². The number of carbonyl (C=O) groups is 2. The molecule has 0 spiro atoms. The summed E-state index contributed by atoms with van der Waals surface area (Å²) in [5.41, 5.74) is 0. The van der Waals surface area contributed by atoms with Crippen LogP contribution in [0.4, 0.5) is 4.79 Å². The number of rotatable bonds is 34. The minimum Gasteiger partial charge on any atom is -0.464 e. The second-order valence-corrected chi connectivity index (χ2v) is 12.7. The van der Waals surface area contributed by atoms with Crippen LogP contribution in [0.25, 0.3) is 0 Å². The maximum Gasteiger partial charge on any atom is 0.407 e. The van der Waals surface area contributed by atoms with E-state index in [1.54, 1.807) is 0 Å². The van der Waals surface area contributed by atoms with Crippen molar-refractivity contribution in [2.75, 3.05) is 19.8 Å². The highest BCUT2D eigenvalue weighted by Crippen LogP contribution is 2.13. The van der Waals surface area contributed by atoms with E-state index in [2.05, 4.69) is 31.3 Å². The third kappa shape index (κ3) is 31.9. The summed E-state index contributed by atoms with van der Waals surface area (Å²) in [7, 11) is 0. The molecule has 2 N–H and O–H groups in total. The summed E-state index contributed by atoms with van der Waals surface area (Å²) in [4.78, 5) is 24.3. The fourth-order valence-electron chi connectivity index (χ4n) is 5.45. The van der Waals surface area contributed by atoms with Crippen LogP contribution in [0.2, 0.25) is 0 Å². The fourth-order valence-corrected chi connectivity index (χ4v) is 5.45. The van der Waals surface area contributed by atoms with Crippen molar-refractivity contribution in [3.8, 4) is 0 Å². The zero-order valence-corrected chi connectivity index (χ0v) is 29.2. The molecule has 0 saturated heterocycles. The minimum atomic E-state index is -1.08. The molecule has 260 valence electrons. The van der Waals surface area contributed by atoms with Crippen LogP contribution in [0, 0.1) is 0 Å². The molecule has 44 heavy (non-hydrogen) atoms. The van der Waals surface area contributed by atoms with Gasteiger partial charge in [0, 0.05) is 0 Å². The van der Waals surface area contributed by atoms with E-state index < -0.39 is 24.7 Å². The Morgan fingerprint density at radius 2 is 0.864 bits per heavy atom. The summed E-state index contributed by atoms with van der Waals surface area (Å²) < 4.78 is 10.5. The average molecular weight is 624 g/mol. The number of aliphatic hydroxyl groups is 1. The van der Waals surface area contributed by atoms with Gasteiger partial charge in [-0.2, -0.15) is 0 Å². The topological polar surface area (TPSA) is 84.9 Å². The molecule has 0 aliphatic rings. The SMILES string of the molecule is CCCCCCCCC=CCCCCCCCCOC(=O)NC(CO)C(=O)OCCCCCCCCCCCCCCCC. The number of nitrogens with one attached hydrogen (secondary N) is 1. The molecule has 1 unspecified atom stereocenters. The highest BCUT2D eigenvalue weighted by molar-refractivity contribution is 5.81. The number of hydrogen-bond donors (Lipinski definition) is 2. The molecule has 0 fully saturated rings. The van der Waals surface area contributed by atoms with Crippen LogP contribution in [0.15, 0.2) is 12.2 Å². The van der Waals surface area contributed by atoms with Gasteiger partial charge in [-0.25, -0.2) is 9.59 Å². The molecule has 0 saturated carbocycles. The number of allylic oxidation sites excluding steroid dienone is 2. The Bertz CT molecular complexity index is 639. The molecule has 1 amide bonds. The van der Waals surface area contributed by atoms with Crippen LogP contribution in [0.5, 0.6) is 0 Å². The highest BCUT2D eigenvalue weighted by Gasteiger charge is 2.22. The summed E-state index contributed by atoms with van der Waals surface area (Å²) >= 11 is 0. The lowest BCUT2D eigenvalue weighted by Gasteiger charge is -2.15. The lowest BCUT2D eigenvalue weighted by Crippen LogP contribution is -2.44. The molecular weight excluding hydrogens is 550 g/mol. The maximum absolute atomic E-state index is 12.2. The smallest absolute Gasteiger partial charge is 0.407 e. The quantitative estimate of drug-likeness (QED) is 0.0423. The van der Waals surface area contributed by atoms with E-state index in [1.165, 1.54) is 141 Å². The molecule has 0 aliphatic heterocycles. The summed E-state index contributed by atoms with van der Waals surface area (Å²) in [6, 6.07) is -1.08. The third-order valence-corrected chi connectivity index (χ3v) is 8.39. The van der Waals surface area contributed by atoms with E-state index in [4.69, 9.17) is 9.47 Å². The van der Waals surface area contributed by atoms with Gasteiger partial charge in [0.2, 0.25) is 0 Å². The molecule has 0 aromatic carbocycles. The number of ether oxygens (including phenoxy) is 2. The summed E-state index contributed by atoms with van der Waals surface area (Å²) in [5.74, 6) is -0.601. The van der Waals surface area contributed by atoms with Gasteiger partial charge in [-0.3, -0.25) is 0 Å². The van der Waals surface area contributed by atoms with Crippen molar-refractivity contribution in [3.05, 3.63) is 12.2 Å². The van der Waals surface area contributed by atoms with Crippen LogP contribution in [0.3, 0.4) is 0 Å². The molecule has 0 bridgehead atoms. The molecule has 6 nitrogen and oxygen atoms in total. The first kappa shape index (κ1) is 42.4. The van der Waals surface area contributed by atoms with Gasteiger partial charge in [-0.15, -0.1) is 0 Å². The molecule has 0 aromatic heterocycles. The normalized spacial score (nSPS) is 12.1. The van der Waals surface area contributed by atoms with Gasteiger partial charge in [0.25, 0.3) is 0 Å². The molecule has 0 radical (unpaired) electrons. The van der Waals surface area contributed by atoms with Crippen LogP contribution in [-0.4, -0.2) is 43.0 Å². The van der Waals surface area contributed by atoms with Gasteiger partial charge in [0.05, 0.1) is 19.8 Å². The Labute approximate surface area is 272 Å². The molecule has 0 aromatic rings. The number of alkyl carbamates (subject to hydrolysis) is 1. The average Bonchev–Trinajstić information content (AvgIpc) is 3.03. The largest absolute Gasteiger partial charge is 0.464 e. The number of aliphatic hydroxyl groups excluding tert-OH is 1. The third-order valence-electron chi connectivity index (χ3n) is 8.39. The first-order valence-corrected chi connectivity index (χ1v) is 19.0. The van der Waals surface area contributed by atoms with Gasteiger partial charge < -0.3 is 19.9 Å².